The third-order valence-electron chi connectivity index (χ3n) is 7.94. The maximum atomic E-state index is 10.1. The lowest BCUT2D eigenvalue weighted by Crippen LogP contribution is -2.33. The fourth-order valence-corrected chi connectivity index (χ4v) is 5.68. The highest BCUT2D eigenvalue weighted by atomic mass is 16.5. The number of hydrogen-bond acceptors (Lipinski definition) is 9. The smallest absolute Gasteiger partial charge is 0.232 e. The van der Waals surface area contributed by atoms with E-state index >= 15 is 0 Å². The largest absolute Gasteiger partial charge is 0.493 e. The second kappa shape index (κ2) is 10.3. The van der Waals surface area contributed by atoms with Crippen molar-refractivity contribution < 1.29 is 19.3 Å². The molecule has 1 aromatic carbocycles. The lowest BCUT2D eigenvalue weighted by Gasteiger charge is -2.28. The molecule has 0 amide bonds. The lowest BCUT2D eigenvalue weighted by atomic mass is 9.93. The number of methoxy groups -OCH3 is 3. The first-order chi connectivity index (χ1) is 19.0. The molecule has 39 heavy (non-hydrogen) atoms. The van der Waals surface area contributed by atoms with E-state index in [1.165, 1.54) is 6.42 Å². The number of aromatic nitrogens is 5. The predicted molar refractivity (Wildman–Crippen MR) is 149 cm³/mol. The molecule has 1 unspecified atom stereocenters. The highest BCUT2D eigenvalue weighted by Gasteiger charge is 2.30. The first-order valence-corrected chi connectivity index (χ1v) is 13.4. The highest BCUT2D eigenvalue weighted by Crippen LogP contribution is 2.41. The summed E-state index contributed by atoms with van der Waals surface area (Å²) < 4.78 is 20.7. The lowest BCUT2D eigenvalue weighted by molar-refractivity contribution is 0.266. The Hall–Kier alpha value is -3.99. The summed E-state index contributed by atoms with van der Waals surface area (Å²) in [6.45, 7) is 3.09. The van der Waals surface area contributed by atoms with Crippen molar-refractivity contribution in [3.8, 4) is 22.9 Å². The molecule has 11 heteroatoms. The summed E-state index contributed by atoms with van der Waals surface area (Å²) in [4.78, 5) is 16.8. The van der Waals surface area contributed by atoms with E-state index in [9.17, 15) is 5.11 Å². The molecule has 1 saturated carbocycles. The fourth-order valence-electron chi connectivity index (χ4n) is 5.68. The zero-order valence-electron chi connectivity index (χ0n) is 22.8. The van der Waals surface area contributed by atoms with Gasteiger partial charge in [0.15, 0.2) is 17.3 Å². The third kappa shape index (κ3) is 4.40. The molecule has 1 saturated heterocycles. The van der Waals surface area contributed by atoms with Gasteiger partial charge >= 0.3 is 0 Å². The van der Waals surface area contributed by atoms with Gasteiger partial charge in [-0.3, -0.25) is 0 Å². The summed E-state index contributed by atoms with van der Waals surface area (Å²) in [6, 6.07) is 4.25. The molecule has 0 bridgehead atoms. The number of anilines is 3. The molecule has 0 radical (unpaired) electrons. The topological polar surface area (TPSA) is 112 Å². The van der Waals surface area contributed by atoms with Crippen LogP contribution in [0.25, 0.3) is 16.7 Å². The first-order valence-electron chi connectivity index (χ1n) is 13.4. The number of aryl methyl sites for hydroxylation is 1. The Bertz CT molecular complexity index is 1470. The van der Waals surface area contributed by atoms with Crippen molar-refractivity contribution in [1.82, 2.24) is 24.1 Å². The minimum Gasteiger partial charge on any atom is -0.493 e. The molecule has 0 spiro atoms. The van der Waals surface area contributed by atoms with Crippen LogP contribution in [0.5, 0.6) is 17.2 Å². The van der Waals surface area contributed by atoms with E-state index in [4.69, 9.17) is 24.2 Å². The Labute approximate surface area is 227 Å². The van der Waals surface area contributed by atoms with Gasteiger partial charge in [0, 0.05) is 30.9 Å². The number of nitrogens with one attached hydrogen (secondary N) is 1. The van der Waals surface area contributed by atoms with E-state index in [0.717, 1.165) is 60.3 Å². The van der Waals surface area contributed by atoms with Crippen LogP contribution >= 0.6 is 0 Å². The summed E-state index contributed by atoms with van der Waals surface area (Å²) >= 11 is 0. The molecular formula is C28H35N7O4. The molecule has 1 aliphatic heterocycles. The Balaban J connectivity index is 1.38. The zero-order valence-corrected chi connectivity index (χ0v) is 22.8. The summed E-state index contributed by atoms with van der Waals surface area (Å²) in [6.07, 6.45) is 11.3. The van der Waals surface area contributed by atoms with E-state index in [1.54, 1.807) is 27.7 Å². The molecule has 206 valence electrons. The maximum absolute atomic E-state index is 10.1. The van der Waals surface area contributed by atoms with Gasteiger partial charge in [-0.1, -0.05) is 0 Å². The van der Waals surface area contributed by atoms with Crippen LogP contribution in [-0.2, 0) is 0 Å². The van der Waals surface area contributed by atoms with Gasteiger partial charge in [-0.25, -0.2) is 4.98 Å². The second-order valence-electron chi connectivity index (χ2n) is 10.2. The molecule has 11 nitrogen and oxygen atoms in total. The van der Waals surface area contributed by atoms with E-state index in [0.29, 0.717) is 35.1 Å². The maximum Gasteiger partial charge on any atom is 0.232 e. The Kier molecular flexibility index (Phi) is 6.68. The Morgan fingerprint density at radius 1 is 1.00 bits per heavy atom. The zero-order chi connectivity index (χ0) is 27.1. The first kappa shape index (κ1) is 25.3. The predicted octanol–water partition coefficient (Wildman–Crippen LogP) is 4.38. The van der Waals surface area contributed by atoms with Crippen molar-refractivity contribution >= 4 is 28.6 Å². The quantitative estimate of drug-likeness (QED) is 0.324. The van der Waals surface area contributed by atoms with Gasteiger partial charge in [-0.15, -0.1) is 0 Å². The van der Waals surface area contributed by atoms with Crippen LogP contribution in [0, 0.1) is 6.92 Å². The standard InChI is InChI=1S/C28H35N7O4/c1-17-13-35(18-7-5-8-18)27-24(17)26(34-10-6-9-19(34)15-36)31-28(32-27)30-23-14-33(16-29-23)20-11-21(37-2)25(39-4)22(12-20)38-3/h11-14,16,18-19,36H,5-10,15H2,1-4H3,(H,30,31,32). The molecule has 6 rings (SSSR count). The minimum absolute atomic E-state index is 0.0571. The highest BCUT2D eigenvalue weighted by molar-refractivity contribution is 5.93. The number of fused-ring (bicyclic) bond motifs is 1. The number of aliphatic hydroxyl groups is 1. The van der Waals surface area contributed by atoms with Crippen molar-refractivity contribution in [3.63, 3.8) is 0 Å². The van der Waals surface area contributed by atoms with Gasteiger partial charge in [0.1, 0.15) is 17.8 Å². The number of imidazole rings is 1. The van der Waals surface area contributed by atoms with Crippen LogP contribution in [0.2, 0.25) is 0 Å². The van der Waals surface area contributed by atoms with Crippen molar-refractivity contribution in [2.75, 3.05) is 44.7 Å². The molecule has 1 aliphatic carbocycles. The third-order valence-corrected chi connectivity index (χ3v) is 7.94. The van der Waals surface area contributed by atoms with Gasteiger partial charge in [-0.05, 0) is 44.6 Å². The molecule has 3 aromatic heterocycles. The molecule has 2 N–H and O–H groups in total. The van der Waals surface area contributed by atoms with Crippen LogP contribution in [0.3, 0.4) is 0 Å². The summed E-state index contributed by atoms with van der Waals surface area (Å²) in [5.74, 6) is 3.61. The van der Waals surface area contributed by atoms with Crippen LogP contribution in [0.4, 0.5) is 17.6 Å². The van der Waals surface area contributed by atoms with Crippen molar-refractivity contribution in [2.45, 2.75) is 51.1 Å². The molecule has 4 heterocycles. The number of rotatable bonds is 9. The SMILES string of the molecule is COc1cc(-n2cnc(Nc3nc(N4CCCC4CO)c4c(C)cn(C5CCC5)c4n3)c2)cc(OC)c1OC. The fraction of sp³-hybridized carbons (Fsp3) is 0.464. The Morgan fingerprint density at radius 2 is 1.77 bits per heavy atom. The molecule has 4 aromatic rings. The number of ether oxygens (including phenoxy) is 3. The number of aliphatic hydroxyl groups excluding tert-OH is 1. The number of benzene rings is 1. The Morgan fingerprint density at radius 3 is 2.41 bits per heavy atom. The average Bonchev–Trinajstić information content (AvgIpc) is 3.66. The van der Waals surface area contributed by atoms with Crippen LogP contribution in [0.1, 0.15) is 43.7 Å². The van der Waals surface area contributed by atoms with Crippen molar-refractivity contribution in [3.05, 3.63) is 36.4 Å². The van der Waals surface area contributed by atoms with Crippen molar-refractivity contribution in [1.29, 1.82) is 0 Å². The molecular weight excluding hydrogens is 498 g/mol. The van der Waals surface area contributed by atoms with Gasteiger partial charge in [0.2, 0.25) is 11.7 Å². The summed E-state index contributed by atoms with van der Waals surface area (Å²) in [5.41, 5.74) is 2.89. The van der Waals surface area contributed by atoms with E-state index < -0.39 is 0 Å². The van der Waals surface area contributed by atoms with Gasteiger partial charge in [0.05, 0.1) is 51.2 Å². The number of nitrogens with zero attached hydrogens (tertiary/aromatic N) is 6. The summed E-state index contributed by atoms with van der Waals surface area (Å²) in [7, 11) is 4.77. The van der Waals surface area contributed by atoms with Crippen LogP contribution < -0.4 is 24.4 Å². The summed E-state index contributed by atoms with van der Waals surface area (Å²) in [5, 5.41) is 14.5. The monoisotopic (exact) mass is 533 g/mol. The molecule has 2 aliphatic rings. The van der Waals surface area contributed by atoms with Gasteiger partial charge < -0.3 is 38.7 Å². The van der Waals surface area contributed by atoms with Crippen LogP contribution in [-0.4, -0.2) is 69.7 Å². The average molecular weight is 534 g/mol. The van der Waals surface area contributed by atoms with E-state index in [-0.39, 0.29) is 12.6 Å². The van der Waals surface area contributed by atoms with Gasteiger partial charge in [-0.2, -0.15) is 9.97 Å². The second-order valence-corrected chi connectivity index (χ2v) is 10.2. The normalized spacial score (nSPS) is 17.5. The van der Waals surface area contributed by atoms with Crippen LogP contribution in [0.15, 0.2) is 30.9 Å². The molecule has 2 fully saturated rings. The number of hydrogen-bond donors (Lipinski definition) is 2. The van der Waals surface area contributed by atoms with Crippen molar-refractivity contribution in [2.24, 2.45) is 0 Å². The molecule has 1 atom stereocenters. The van der Waals surface area contributed by atoms with E-state index in [1.807, 2.05) is 22.9 Å². The van der Waals surface area contributed by atoms with Gasteiger partial charge in [0.25, 0.3) is 0 Å². The minimum atomic E-state index is 0.0571. The van der Waals surface area contributed by atoms with E-state index in [2.05, 4.69) is 32.9 Å².